The van der Waals surface area contributed by atoms with Crippen LogP contribution in [0.4, 0.5) is 0 Å². The number of benzene rings is 1. The van der Waals surface area contributed by atoms with Crippen LogP contribution in [-0.4, -0.2) is 22.3 Å². The van der Waals surface area contributed by atoms with E-state index in [9.17, 15) is 4.79 Å². The number of amides is 1. The molecule has 0 aliphatic heterocycles. The van der Waals surface area contributed by atoms with Crippen molar-refractivity contribution >= 4 is 29.5 Å². The summed E-state index contributed by atoms with van der Waals surface area (Å²) in [6.07, 6.45) is 5.20. The summed E-state index contributed by atoms with van der Waals surface area (Å²) in [5.41, 5.74) is 4.65. The van der Waals surface area contributed by atoms with Gasteiger partial charge in [-0.1, -0.05) is 36.4 Å². The van der Waals surface area contributed by atoms with Crippen LogP contribution in [0.5, 0.6) is 0 Å². The summed E-state index contributed by atoms with van der Waals surface area (Å²) in [7, 11) is 0. The molecular formula is C18H16N4OS. The van der Waals surface area contributed by atoms with Gasteiger partial charge in [0.25, 0.3) is 5.91 Å². The number of hydrazone groups is 1. The van der Waals surface area contributed by atoms with Gasteiger partial charge in [0, 0.05) is 11.1 Å². The third kappa shape index (κ3) is 4.05. The number of nitrogens with zero attached hydrogens (tertiary/aromatic N) is 2. The molecule has 1 aromatic carbocycles. The Labute approximate surface area is 143 Å². The van der Waals surface area contributed by atoms with E-state index in [0.29, 0.717) is 5.69 Å². The molecule has 0 unspecified atom stereocenters. The summed E-state index contributed by atoms with van der Waals surface area (Å²) in [4.78, 5) is 14.3. The zero-order valence-corrected chi connectivity index (χ0v) is 13.9. The molecule has 2 aromatic heterocycles. The highest BCUT2D eigenvalue weighted by atomic mass is 32.1. The second-order valence-electron chi connectivity index (χ2n) is 5.07. The molecule has 120 valence electrons. The van der Waals surface area contributed by atoms with Crippen LogP contribution in [0.1, 0.15) is 20.9 Å². The van der Waals surface area contributed by atoms with Crippen molar-refractivity contribution in [2.45, 2.75) is 6.92 Å². The third-order valence-corrected chi connectivity index (χ3v) is 4.27. The molecule has 5 nitrogen and oxygen atoms in total. The molecule has 24 heavy (non-hydrogen) atoms. The summed E-state index contributed by atoms with van der Waals surface area (Å²) >= 11 is 1.65. The molecule has 0 radical (unpaired) electrons. The minimum Gasteiger partial charge on any atom is -0.276 e. The standard InChI is InChI=1S/C18H16N4OS/c1-13-9-10-17(24-13)15-12-16(21-20-15)18(23)22-19-11-5-8-14-6-3-2-4-7-14/h2-12H,1H3,(H,20,21)(H,22,23)/b8-5+,19-11+. The van der Waals surface area contributed by atoms with Crippen LogP contribution in [0.3, 0.4) is 0 Å². The van der Waals surface area contributed by atoms with Gasteiger partial charge in [-0.3, -0.25) is 9.89 Å². The van der Waals surface area contributed by atoms with Crippen LogP contribution < -0.4 is 5.43 Å². The maximum atomic E-state index is 12.0. The van der Waals surface area contributed by atoms with Gasteiger partial charge >= 0.3 is 0 Å². The fourth-order valence-corrected chi connectivity index (χ4v) is 2.89. The normalized spacial score (nSPS) is 11.4. The molecule has 3 aromatic rings. The highest BCUT2D eigenvalue weighted by Gasteiger charge is 2.11. The lowest BCUT2D eigenvalue weighted by Gasteiger charge is -1.93. The Kier molecular flexibility index (Phi) is 4.98. The molecule has 2 heterocycles. The van der Waals surface area contributed by atoms with Gasteiger partial charge in [-0.2, -0.15) is 10.2 Å². The van der Waals surface area contributed by atoms with Crippen molar-refractivity contribution < 1.29 is 4.79 Å². The lowest BCUT2D eigenvalue weighted by atomic mass is 10.2. The topological polar surface area (TPSA) is 70.1 Å². The predicted octanol–water partition coefficient (Wildman–Crippen LogP) is 3.88. The SMILES string of the molecule is Cc1ccc(-c2cc(C(=O)N/N=C/C=C/c3ccccc3)n[nH]2)s1. The molecule has 0 aliphatic carbocycles. The van der Waals surface area contributed by atoms with E-state index in [0.717, 1.165) is 16.1 Å². The second kappa shape index (κ2) is 7.52. The zero-order valence-electron chi connectivity index (χ0n) is 13.1. The summed E-state index contributed by atoms with van der Waals surface area (Å²) < 4.78 is 0. The Morgan fingerprint density at radius 3 is 2.83 bits per heavy atom. The van der Waals surface area contributed by atoms with Crippen LogP contribution in [0.15, 0.2) is 59.7 Å². The minimum atomic E-state index is -0.352. The van der Waals surface area contributed by atoms with Crippen molar-refractivity contribution in [1.29, 1.82) is 0 Å². The first-order valence-electron chi connectivity index (χ1n) is 7.40. The first-order valence-corrected chi connectivity index (χ1v) is 8.21. The number of hydrogen-bond donors (Lipinski definition) is 2. The number of carbonyl (C=O) groups excluding carboxylic acids is 1. The molecule has 6 heteroatoms. The Hall–Kier alpha value is -2.99. The molecule has 3 rings (SSSR count). The van der Waals surface area contributed by atoms with E-state index < -0.39 is 0 Å². The van der Waals surface area contributed by atoms with Crippen LogP contribution in [-0.2, 0) is 0 Å². The molecule has 2 N–H and O–H groups in total. The molecule has 1 amide bonds. The number of aryl methyl sites for hydroxylation is 1. The molecule has 0 bridgehead atoms. The van der Waals surface area contributed by atoms with Crippen molar-refractivity contribution in [3.63, 3.8) is 0 Å². The van der Waals surface area contributed by atoms with Gasteiger partial charge in [-0.25, -0.2) is 5.43 Å². The van der Waals surface area contributed by atoms with E-state index in [4.69, 9.17) is 0 Å². The van der Waals surface area contributed by atoms with Gasteiger partial charge in [0.1, 0.15) is 0 Å². The van der Waals surface area contributed by atoms with Crippen LogP contribution >= 0.6 is 11.3 Å². The summed E-state index contributed by atoms with van der Waals surface area (Å²) in [6, 6.07) is 15.6. The Morgan fingerprint density at radius 2 is 2.08 bits per heavy atom. The lowest BCUT2D eigenvalue weighted by Crippen LogP contribution is -2.17. The van der Waals surface area contributed by atoms with Gasteiger partial charge in [-0.05, 0) is 36.8 Å². The van der Waals surface area contributed by atoms with Crippen molar-refractivity contribution in [1.82, 2.24) is 15.6 Å². The Morgan fingerprint density at radius 1 is 1.25 bits per heavy atom. The second-order valence-corrected chi connectivity index (χ2v) is 6.35. The van der Waals surface area contributed by atoms with Gasteiger partial charge < -0.3 is 0 Å². The number of H-pyrrole nitrogens is 1. The Bertz CT molecular complexity index is 877. The Balaban J connectivity index is 1.56. The van der Waals surface area contributed by atoms with E-state index in [1.165, 1.54) is 11.1 Å². The van der Waals surface area contributed by atoms with Crippen molar-refractivity contribution in [3.05, 3.63) is 70.7 Å². The average Bonchev–Trinajstić information content (AvgIpc) is 3.24. The quantitative estimate of drug-likeness (QED) is 0.548. The van der Waals surface area contributed by atoms with Crippen LogP contribution in [0.2, 0.25) is 0 Å². The fourth-order valence-electron chi connectivity index (χ4n) is 2.06. The van der Waals surface area contributed by atoms with E-state index in [1.807, 2.05) is 55.5 Å². The molecule has 0 saturated heterocycles. The number of aromatic amines is 1. The van der Waals surface area contributed by atoms with Crippen LogP contribution in [0.25, 0.3) is 16.6 Å². The minimum absolute atomic E-state index is 0.306. The molecule has 0 aliphatic rings. The number of thiophene rings is 1. The number of rotatable bonds is 5. The lowest BCUT2D eigenvalue weighted by molar-refractivity contribution is 0.0950. The summed E-state index contributed by atoms with van der Waals surface area (Å²) in [5, 5.41) is 10.8. The molecule has 0 atom stereocenters. The van der Waals surface area contributed by atoms with E-state index in [2.05, 4.69) is 20.7 Å². The third-order valence-electron chi connectivity index (χ3n) is 3.23. The highest BCUT2D eigenvalue weighted by Crippen LogP contribution is 2.26. The van der Waals surface area contributed by atoms with Gasteiger partial charge in [0.05, 0.1) is 10.6 Å². The molecule has 0 fully saturated rings. The number of allylic oxidation sites excluding steroid dienone is 1. The fraction of sp³-hybridized carbons (Fsp3) is 0.0556. The smallest absolute Gasteiger partial charge is 0.276 e. The van der Waals surface area contributed by atoms with Crippen molar-refractivity contribution in [2.24, 2.45) is 5.10 Å². The van der Waals surface area contributed by atoms with Gasteiger partial charge in [0.2, 0.25) is 0 Å². The van der Waals surface area contributed by atoms with Crippen molar-refractivity contribution in [2.75, 3.05) is 0 Å². The van der Waals surface area contributed by atoms with Gasteiger partial charge in [-0.15, -0.1) is 11.3 Å². The van der Waals surface area contributed by atoms with E-state index >= 15 is 0 Å². The molecular weight excluding hydrogens is 320 g/mol. The highest BCUT2D eigenvalue weighted by molar-refractivity contribution is 7.15. The largest absolute Gasteiger partial charge is 0.291 e. The zero-order chi connectivity index (χ0) is 16.8. The summed E-state index contributed by atoms with van der Waals surface area (Å²) in [6.45, 7) is 2.04. The number of hydrogen-bond acceptors (Lipinski definition) is 4. The molecule has 0 spiro atoms. The van der Waals surface area contributed by atoms with Gasteiger partial charge in [0.15, 0.2) is 5.69 Å². The maximum Gasteiger partial charge on any atom is 0.291 e. The predicted molar refractivity (Wildman–Crippen MR) is 98.1 cm³/mol. The average molecular weight is 336 g/mol. The van der Waals surface area contributed by atoms with E-state index in [1.54, 1.807) is 23.5 Å². The van der Waals surface area contributed by atoms with Crippen molar-refractivity contribution in [3.8, 4) is 10.6 Å². The monoisotopic (exact) mass is 336 g/mol. The van der Waals surface area contributed by atoms with Crippen LogP contribution in [0, 0.1) is 6.92 Å². The maximum absolute atomic E-state index is 12.0. The van der Waals surface area contributed by atoms with E-state index in [-0.39, 0.29) is 5.91 Å². The summed E-state index contributed by atoms with van der Waals surface area (Å²) in [5.74, 6) is -0.352. The number of nitrogens with one attached hydrogen (secondary N) is 2. The molecule has 0 saturated carbocycles. The first kappa shape index (κ1) is 15.9. The number of carbonyl (C=O) groups is 1. The number of aromatic nitrogens is 2. The first-order chi connectivity index (χ1) is 11.7.